The molecule has 3 nitrogen and oxygen atoms in total. The number of aryl methyl sites for hydroxylation is 1. The number of carbonyl (C=O) groups excluding carboxylic acids is 1. The van der Waals surface area contributed by atoms with E-state index >= 15 is 0 Å². The number of nitrogens with zero attached hydrogens (tertiary/aromatic N) is 1. The number of ether oxygens (including phenoxy) is 1. The van der Waals surface area contributed by atoms with Crippen LogP contribution >= 0.6 is 0 Å². The van der Waals surface area contributed by atoms with Gasteiger partial charge in [-0.25, -0.2) is 0 Å². The van der Waals surface area contributed by atoms with Crippen molar-refractivity contribution in [2.75, 3.05) is 6.54 Å². The highest BCUT2D eigenvalue weighted by molar-refractivity contribution is 5.82. The number of fused-ring (bicyclic) bond motifs is 1. The first-order chi connectivity index (χ1) is 13.6. The molecule has 0 aromatic heterocycles. The van der Waals surface area contributed by atoms with Gasteiger partial charge < -0.3 is 9.64 Å². The lowest BCUT2D eigenvalue weighted by molar-refractivity contribution is -0.140. The van der Waals surface area contributed by atoms with Crippen molar-refractivity contribution in [3.63, 3.8) is 0 Å². The molecule has 2 atom stereocenters. The van der Waals surface area contributed by atoms with Gasteiger partial charge in [0.25, 0.3) is 5.91 Å². The first-order valence-electron chi connectivity index (χ1n) is 9.80. The molecular weight excluding hydrogens is 346 g/mol. The van der Waals surface area contributed by atoms with E-state index in [0.29, 0.717) is 12.3 Å². The van der Waals surface area contributed by atoms with Gasteiger partial charge in [-0.05, 0) is 49.1 Å². The smallest absolute Gasteiger partial charge is 0.264 e. The van der Waals surface area contributed by atoms with E-state index in [1.165, 1.54) is 16.7 Å². The Kier molecular flexibility index (Phi) is 5.16. The van der Waals surface area contributed by atoms with Gasteiger partial charge in [0, 0.05) is 6.54 Å². The van der Waals surface area contributed by atoms with Gasteiger partial charge in [0.1, 0.15) is 5.75 Å². The fraction of sp³-hybridized carbons (Fsp3) is 0.240. The summed E-state index contributed by atoms with van der Waals surface area (Å²) in [6.45, 7) is 4.61. The van der Waals surface area contributed by atoms with Crippen molar-refractivity contribution in [1.29, 1.82) is 0 Å². The predicted molar refractivity (Wildman–Crippen MR) is 111 cm³/mol. The summed E-state index contributed by atoms with van der Waals surface area (Å²) in [6, 6.07) is 26.4. The maximum Gasteiger partial charge on any atom is 0.264 e. The Morgan fingerprint density at radius 3 is 2.39 bits per heavy atom. The van der Waals surface area contributed by atoms with Gasteiger partial charge in [-0.1, -0.05) is 72.3 Å². The van der Waals surface area contributed by atoms with Gasteiger partial charge in [0.05, 0.1) is 6.04 Å². The molecule has 1 aliphatic heterocycles. The molecule has 3 heteroatoms. The summed E-state index contributed by atoms with van der Waals surface area (Å²) in [4.78, 5) is 15.3. The summed E-state index contributed by atoms with van der Waals surface area (Å²) in [6.07, 6.45) is 0.322. The molecule has 3 aromatic carbocycles. The molecule has 3 aromatic rings. The summed E-state index contributed by atoms with van der Waals surface area (Å²) >= 11 is 0. The van der Waals surface area contributed by atoms with E-state index in [0.717, 1.165) is 12.0 Å². The van der Waals surface area contributed by atoms with Crippen LogP contribution in [0.4, 0.5) is 0 Å². The van der Waals surface area contributed by atoms with E-state index in [9.17, 15) is 4.79 Å². The zero-order valence-electron chi connectivity index (χ0n) is 16.3. The molecule has 1 heterocycles. The fourth-order valence-corrected chi connectivity index (χ4v) is 3.90. The molecule has 1 amide bonds. The SMILES string of the molecule is Cc1ccc([C@@H]2c3ccccc3CCN2C(=O)[C@@H](C)Oc2ccccc2)cc1. The van der Waals surface area contributed by atoms with E-state index in [-0.39, 0.29) is 11.9 Å². The van der Waals surface area contributed by atoms with E-state index < -0.39 is 6.10 Å². The molecular formula is C25H25NO2. The summed E-state index contributed by atoms with van der Waals surface area (Å²) in [5.74, 6) is 0.733. The second kappa shape index (κ2) is 7.89. The van der Waals surface area contributed by atoms with Crippen molar-refractivity contribution >= 4 is 5.91 Å². The number of hydrogen-bond donors (Lipinski definition) is 0. The third-order valence-corrected chi connectivity index (χ3v) is 5.36. The fourth-order valence-electron chi connectivity index (χ4n) is 3.90. The van der Waals surface area contributed by atoms with Crippen molar-refractivity contribution in [1.82, 2.24) is 4.90 Å². The highest BCUT2D eigenvalue weighted by Gasteiger charge is 2.34. The average Bonchev–Trinajstić information content (AvgIpc) is 2.74. The Labute approximate surface area is 166 Å². The first-order valence-corrected chi connectivity index (χ1v) is 9.80. The van der Waals surface area contributed by atoms with Crippen LogP contribution in [-0.2, 0) is 11.2 Å². The second-order valence-corrected chi connectivity index (χ2v) is 7.37. The van der Waals surface area contributed by atoms with Crippen LogP contribution in [0.1, 0.15) is 35.2 Å². The van der Waals surface area contributed by atoms with E-state index in [2.05, 4.69) is 55.5 Å². The van der Waals surface area contributed by atoms with Gasteiger partial charge >= 0.3 is 0 Å². The Bertz CT molecular complexity index is 950. The molecule has 0 spiro atoms. The summed E-state index contributed by atoms with van der Waals surface area (Å²) in [5.41, 5.74) is 4.87. The van der Waals surface area contributed by atoms with Crippen LogP contribution in [0.3, 0.4) is 0 Å². The number of hydrogen-bond acceptors (Lipinski definition) is 2. The van der Waals surface area contributed by atoms with Crippen LogP contribution in [-0.4, -0.2) is 23.5 Å². The Morgan fingerprint density at radius 1 is 0.964 bits per heavy atom. The maximum atomic E-state index is 13.4. The molecule has 0 aliphatic carbocycles. The van der Waals surface area contributed by atoms with Crippen LogP contribution in [0.25, 0.3) is 0 Å². The lowest BCUT2D eigenvalue weighted by Crippen LogP contribution is -2.46. The first kappa shape index (κ1) is 18.3. The molecule has 0 saturated carbocycles. The second-order valence-electron chi connectivity index (χ2n) is 7.37. The zero-order chi connectivity index (χ0) is 19.5. The molecule has 28 heavy (non-hydrogen) atoms. The van der Waals surface area contributed by atoms with Crippen molar-refractivity contribution < 1.29 is 9.53 Å². The Hall–Kier alpha value is -3.07. The van der Waals surface area contributed by atoms with Crippen molar-refractivity contribution in [2.45, 2.75) is 32.4 Å². The van der Waals surface area contributed by atoms with Crippen LogP contribution in [0.15, 0.2) is 78.9 Å². The zero-order valence-corrected chi connectivity index (χ0v) is 16.3. The predicted octanol–water partition coefficient (Wildman–Crippen LogP) is 4.94. The van der Waals surface area contributed by atoms with Crippen molar-refractivity contribution in [2.24, 2.45) is 0 Å². The third-order valence-electron chi connectivity index (χ3n) is 5.36. The molecule has 0 saturated heterocycles. The highest BCUT2D eigenvalue weighted by Crippen LogP contribution is 2.35. The lowest BCUT2D eigenvalue weighted by atomic mass is 9.87. The van der Waals surface area contributed by atoms with E-state index in [4.69, 9.17) is 4.74 Å². The minimum absolute atomic E-state index is 0.0175. The number of para-hydroxylation sites is 1. The minimum Gasteiger partial charge on any atom is -0.481 e. The molecule has 142 valence electrons. The van der Waals surface area contributed by atoms with Crippen molar-refractivity contribution in [3.8, 4) is 5.75 Å². The molecule has 0 radical (unpaired) electrons. The molecule has 1 aliphatic rings. The molecule has 0 bridgehead atoms. The summed E-state index contributed by atoms with van der Waals surface area (Å²) < 4.78 is 5.93. The van der Waals surface area contributed by atoms with Crippen LogP contribution < -0.4 is 4.74 Å². The highest BCUT2D eigenvalue weighted by atomic mass is 16.5. The number of benzene rings is 3. The van der Waals surface area contributed by atoms with Gasteiger partial charge in [0.15, 0.2) is 6.10 Å². The van der Waals surface area contributed by atoms with Gasteiger partial charge in [-0.3, -0.25) is 4.79 Å². The lowest BCUT2D eigenvalue weighted by Gasteiger charge is -2.39. The largest absolute Gasteiger partial charge is 0.481 e. The van der Waals surface area contributed by atoms with Gasteiger partial charge in [-0.2, -0.15) is 0 Å². The van der Waals surface area contributed by atoms with Gasteiger partial charge in [-0.15, -0.1) is 0 Å². The average molecular weight is 371 g/mol. The standard InChI is InChI=1S/C25H25NO2/c1-18-12-14-21(15-13-18)24-23-11-7-6-8-20(23)16-17-26(24)25(27)19(2)28-22-9-4-3-5-10-22/h3-15,19,24H,16-17H2,1-2H3/t19-,24-/m1/s1. The molecule has 0 fully saturated rings. The topological polar surface area (TPSA) is 29.5 Å². The van der Waals surface area contributed by atoms with Crippen molar-refractivity contribution in [3.05, 3.63) is 101 Å². The maximum absolute atomic E-state index is 13.4. The minimum atomic E-state index is -0.541. The van der Waals surface area contributed by atoms with E-state index in [1.807, 2.05) is 42.2 Å². The normalized spacial score (nSPS) is 16.9. The van der Waals surface area contributed by atoms with Gasteiger partial charge in [0.2, 0.25) is 0 Å². The van der Waals surface area contributed by atoms with Crippen LogP contribution in [0.2, 0.25) is 0 Å². The molecule has 0 unspecified atom stereocenters. The molecule has 4 rings (SSSR count). The van der Waals surface area contributed by atoms with E-state index in [1.54, 1.807) is 0 Å². The monoisotopic (exact) mass is 371 g/mol. The number of rotatable bonds is 4. The number of carbonyl (C=O) groups is 1. The quantitative estimate of drug-likeness (QED) is 0.650. The number of amides is 1. The summed E-state index contributed by atoms with van der Waals surface area (Å²) in [7, 11) is 0. The Balaban J connectivity index is 1.66. The van der Waals surface area contributed by atoms with Crippen LogP contribution in [0.5, 0.6) is 5.75 Å². The van der Waals surface area contributed by atoms with Crippen LogP contribution in [0, 0.1) is 6.92 Å². The Morgan fingerprint density at radius 2 is 1.64 bits per heavy atom. The molecule has 0 N–H and O–H groups in total. The third kappa shape index (κ3) is 3.65. The summed E-state index contributed by atoms with van der Waals surface area (Å²) in [5, 5.41) is 0.